The number of aromatic nitrogens is 9. The molecule has 0 unspecified atom stereocenters. The lowest BCUT2D eigenvalue weighted by molar-refractivity contribution is -0.142. The number of aliphatic hydroxyl groups is 2. The number of amides is 2. The SMILES string of the molecule is CC(C)[C@@H](C(=O)N1C[C@H](O)C[C@H]1C(=O)N[C@@H](CO)c1ccc(-c2ccnnc2)cc1)n1cc(-c2ccc(COc3c(-c4c(Cl)c(Cl)cc5[nH]ncc45)c(C4CC4)cc4c(N5C[C@@H]6C[C@H]5CN6)nc(OC5CCOCC5)nc34)cc2)nn1. The van der Waals surface area contributed by atoms with Crippen LogP contribution in [0.5, 0.6) is 11.8 Å². The highest BCUT2D eigenvalue weighted by Gasteiger charge is 2.44. The van der Waals surface area contributed by atoms with Gasteiger partial charge in [-0.3, -0.25) is 14.7 Å². The van der Waals surface area contributed by atoms with Crippen molar-refractivity contribution in [3.05, 3.63) is 118 Å². The summed E-state index contributed by atoms with van der Waals surface area (Å²) >= 11 is 14.2. The third-order valence-electron chi connectivity index (χ3n) is 16.5. The largest absolute Gasteiger partial charge is 0.486 e. The van der Waals surface area contributed by atoms with E-state index in [0.717, 1.165) is 101 Å². The zero-order chi connectivity index (χ0) is 55.5. The van der Waals surface area contributed by atoms with Gasteiger partial charge in [0.05, 0.1) is 72.3 Å². The number of carbonyl (C=O) groups is 2. The Hall–Kier alpha value is -7.33. The van der Waals surface area contributed by atoms with Crippen LogP contribution in [-0.4, -0.2) is 142 Å². The van der Waals surface area contributed by atoms with E-state index in [1.54, 1.807) is 30.9 Å². The van der Waals surface area contributed by atoms with Crippen LogP contribution in [0.15, 0.2) is 91.5 Å². The third kappa shape index (κ3) is 10.4. The van der Waals surface area contributed by atoms with Crippen LogP contribution in [0.25, 0.3) is 55.3 Å². The normalized spacial score (nSPS) is 20.9. The number of H-pyrrole nitrogens is 1. The van der Waals surface area contributed by atoms with E-state index in [1.165, 1.54) is 9.58 Å². The minimum absolute atomic E-state index is 0.0391. The molecule has 5 N–H and O–H groups in total. The van der Waals surface area contributed by atoms with Crippen molar-refractivity contribution in [2.24, 2.45) is 5.92 Å². The van der Waals surface area contributed by atoms with Gasteiger partial charge in [-0.15, -0.1) is 5.10 Å². The number of carbonyl (C=O) groups excluding carboxylic acids is 2. The molecule has 81 heavy (non-hydrogen) atoms. The van der Waals surface area contributed by atoms with Crippen molar-refractivity contribution < 1.29 is 34.0 Å². The molecule has 4 aromatic heterocycles. The zero-order valence-corrected chi connectivity index (χ0v) is 46.2. The van der Waals surface area contributed by atoms with E-state index in [0.29, 0.717) is 57.4 Å². The Morgan fingerprint density at radius 2 is 1.70 bits per heavy atom. The summed E-state index contributed by atoms with van der Waals surface area (Å²) in [5.41, 5.74) is 8.56. The maximum absolute atomic E-state index is 14.6. The Morgan fingerprint density at radius 3 is 2.42 bits per heavy atom. The van der Waals surface area contributed by atoms with E-state index in [4.69, 9.17) is 47.4 Å². The predicted octanol–water partition coefficient (Wildman–Crippen LogP) is 7.77. The summed E-state index contributed by atoms with van der Waals surface area (Å²) in [6.45, 7) is 6.43. The topological polar surface area (TPSA) is 244 Å². The molecule has 2 bridgehead atoms. The van der Waals surface area contributed by atoms with Crippen molar-refractivity contribution >= 4 is 62.6 Å². The molecule has 8 heterocycles. The summed E-state index contributed by atoms with van der Waals surface area (Å²) in [7, 11) is 0. The molecule has 4 aromatic carbocycles. The zero-order valence-electron chi connectivity index (χ0n) is 44.7. The number of fused-ring (bicyclic) bond motifs is 4. The van der Waals surface area contributed by atoms with Crippen molar-refractivity contribution in [3.63, 3.8) is 0 Å². The van der Waals surface area contributed by atoms with Gasteiger partial charge in [-0.05, 0) is 71.6 Å². The molecular formula is C59H61Cl2N13O7. The fourth-order valence-electron chi connectivity index (χ4n) is 12.2. The number of anilines is 1. The molecule has 13 rings (SSSR count). The number of nitrogens with one attached hydrogen (secondary N) is 3. The van der Waals surface area contributed by atoms with Crippen molar-refractivity contribution in [2.45, 2.75) is 107 Å². The lowest BCUT2D eigenvalue weighted by Crippen LogP contribution is -2.50. The van der Waals surface area contributed by atoms with Gasteiger partial charge in [0, 0.05) is 84.0 Å². The van der Waals surface area contributed by atoms with Gasteiger partial charge < -0.3 is 44.9 Å². The van der Waals surface area contributed by atoms with Gasteiger partial charge in [0.15, 0.2) is 5.75 Å². The van der Waals surface area contributed by atoms with Crippen LogP contribution >= 0.6 is 23.2 Å². The first-order valence-electron chi connectivity index (χ1n) is 27.8. The number of nitrogens with zero attached hydrogens (tertiary/aromatic N) is 10. The summed E-state index contributed by atoms with van der Waals surface area (Å²) in [5.74, 6) is 0.480. The average molecular weight is 1140 g/mol. The average Bonchev–Trinajstić information content (AvgIpc) is 4.11. The summed E-state index contributed by atoms with van der Waals surface area (Å²) in [6, 6.07) is 19.5. The van der Waals surface area contributed by atoms with Crippen LogP contribution in [-0.2, 0) is 20.9 Å². The van der Waals surface area contributed by atoms with E-state index >= 15 is 0 Å². The second-order valence-electron chi connectivity index (χ2n) is 22.3. The standard InChI is InChI=1S/C59H61Cl2N13O7/c1-31(2)54(58(78)73-27-40(76)20-49(73)57(77)66-48(29-75)36-11-7-33(8-12-36)37-13-16-63-64-23-37)74-28-47(70-71-74)35-5-3-32(4-6-35)30-80-55-51(50-44-25-65-69-46(44)22-45(60)52(50)61)42(34-9-10-34)21-43-53(55)67-59(81-41-14-17-79-18-15-41)68-56(43)72-26-38-19-39(72)24-62-38/h3-8,11-13,16,21-23,25,28,31,34,38-41,48-49,54,62,75-76H,9-10,14-15,17-20,24,26-27,29-30H2,1-2H3,(H,65,69)(H,66,77)/t38-,39-,40+,48-,49-,54-/m0/s1. The molecule has 4 aliphatic heterocycles. The van der Waals surface area contributed by atoms with Crippen LogP contribution in [0.2, 0.25) is 10.0 Å². The number of aromatic amines is 1. The maximum atomic E-state index is 14.6. The Labute approximate surface area is 476 Å². The summed E-state index contributed by atoms with van der Waals surface area (Å²) in [6.07, 6.45) is 10.3. The highest BCUT2D eigenvalue weighted by Crippen LogP contribution is 2.55. The van der Waals surface area contributed by atoms with E-state index in [1.807, 2.05) is 68.4 Å². The quantitative estimate of drug-likeness (QED) is 0.0585. The van der Waals surface area contributed by atoms with Gasteiger partial charge in [0.1, 0.15) is 41.8 Å². The molecule has 418 valence electrons. The molecule has 5 aliphatic rings. The molecule has 6 atom stereocenters. The van der Waals surface area contributed by atoms with Gasteiger partial charge >= 0.3 is 6.01 Å². The summed E-state index contributed by atoms with van der Waals surface area (Å²) in [4.78, 5) is 42.9. The van der Waals surface area contributed by atoms with E-state index in [-0.39, 0.29) is 62.1 Å². The number of likely N-dealkylation sites (tertiary alicyclic amines) is 1. The number of halogens is 2. The summed E-state index contributed by atoms with van der Waals surface area (Å²) < 4.78 is 21.0. The number of aliphatic hydroxyl groups excluding tert-OH is 2. The Kier molecular flexibility index (Phi) is 14.5. The molecule has 0 radical (unpaired) electrons. The number of β-amino-alcohol motifs (C(OH)–C–C–N with tert-alkyl or cyclic N) is 1. The molecule has 5 fully saturated rings. The van der Waals surface area contributed by atoms with E-state index in [9.17, 15) is 19.8 Å². The molecule has 22 heteroatoms. The first kappa shape index (κ1) is 53.0. The van der Waals surface area contributed by atoms with Gasteiger partial charge in [-0.1, -0.05) is 90.8 Å². The molecule has 1 aliphatic carbocycles. The first-order chi connectivity index (χ1) is 39.5. The Bertz CT molecular complexity index is 3630. The second kappa shape index (κ2) is 22.2. The smallest absolute Gasteiger partial charge is 0.319 e. The van der Waals surface area contributed by atoms with Crippen LogP contribution < -0.4 is 25.0 Å². The number of benzene rings is 4. The highest BCUT2D eigenvalue weighted by atomic mass is 35.5. The van der Waals surface area contributed by atoms with E-state index < -0.39 is 30.1 Å². The fourth-order valence-corrected chi connectivity index (χ4v) is 12.6. The Balaban J connectivity index is 0.785. The van der Waals surface area contributed by atoms with Gasteiger partial charge in [-0.2, -0.15) is 25.3 Å². The lowest BCUT2D eigenvalue weighted by Gasteiger charge is -2.31. The van der Waals surface area contributed by atoms with Crippen LogP contribution in [0, 0.1) is 5.92 Å². The van der Waals surface area contributed by atoms with Crippen molar-refractivity contribution in [3.8, 4) is 45.3 Å². The van der Waals surface area contributed by atoms with Gasteiger partial charge in [0.25, 0.3) is 0 Å². The first-order valence-corrected chi connectivity index (χ1v) is 28.6. The number of piperazine rings is 1. The fraction of sp³-hybridized carbons (Fsp3) is 0.407. The van der Waals surface area contributed by atoms with Crippen LogP contribution in [0.3, 0.4) is 0 Å². The van der Waals surface area contributed by atoms with E-state index in [2.05, 4.69) is 52.3 Å². The van der Waals surface area contributed by atoms with Crippen molar-refractivity contribution in [2.75, 3.05) is 44.4 Å². The van der Waals surface area contributed by atoms with Crippen LogP contribution in [0.1, 0.15) is 87.1 Å². The van der Waals surface area contributed by atoms with Crippen LogP contribution in [0.4, 0.5) is 5.82 Å². The van der Waals surface area contributed by atoms with Gasteiger partial charge in [0.2, 0.25) is 11.8 Å². The number of hydrogen-bond donors (Lipinski definition) is 5. The number of hydrogen-bond acceptors (Lipinski definition) is 16. The molecule has 4 saturated heterocycles. The van der Waals surface area contributed by atoms with Crippen molar-refractivity contribution in [1.29, 1.82) is 0 Å². The summed E-state index contributed by atoms with van der Waals surface area (Å²) in [5, 5.41) is 54.7. The minimum atomic E-state index is -0.984. The third-order valence-corrected chi connectivity index (χ3v) is 17.3. The molecular weight excluding hydrogens is 1070 g/mol. The number of rotatable bonds is 17. The molecule has 0 spiro atoms. The van der Waals surface area contributed by atoms with Gasteiger partial charge in [-0.25, -0.2) is 4.68 Å². The highest BCUT2D eigenvalue weighted by molar-refractivity contribution is 6.45. The molecule has 8 aromatic rings. The lowest BCUT2D eigenvalue weighted by atomic mass is 9.91. The second-order valence-corrected chi connectivity index (χ2v) is 23.1. The minimum Gasteiger partial charge on any atom is -0.486 e. The molecule has 1 saturated carbocycles. The van der Waals surface area contributed by atoms with Crippen molar-refractivity contribution in [1.82, 2.24) is 60.9 Å². The maximum Gasteiger partial charge on any atom is 0.319 e. The number of ether oxygens (including phenoxy) is 3. The Morgan fingerprint density at radius 1 is 0.901 bits per heavy atom. The molecule has 20 nitrogen and oxygen atoms in total. The predicted molar refractivity (Wildman–Crippen MR) is 304 cm³/mol. The molecule has 2 amide bonds. The monoisotopic (exact) mass is 1130 g/mol.